The van der Waals surface area contributed by atoms with E-state index in [-0.39, 0.29) is 11.7 Å². The molecule has 0 radical (unpaired) electrons. The highest BCUT2D eigenvalue weighted by Crippen LogP contribution is 2.33. The van der Waals surface area contributed by atoms with E-state index in [2.05, 4.69) is 4.72 Å². The summed E-state index contributed by atoms with van der Waals surface area (Å²) < 4.78 is 46.0. The van der Waals surface area contributed by atoms with Gasteiger partial charge < -0.3 is 9.64 Å². The monoisotopic (exact) mass is 404 g/mol. The largest absolute Gasteiger partial charge is 0.368 e. The number of hydrogen-bond donors (Lipinski definition) is 1. The number of nitrogens with one attached hydrogen (secondary N) is 1. The van der Waals surface area contributed by atoms with Gasteiger partial charge in [0.1, 0.15) is 11.9 Å². The summed E-state index contributed by atoms with van der Waals surface area (Å²) in [5, 5.41) is 0. The van der Waals surface area contributed by atoms with Gasteiger partial charge in [0.15, 0.2) is 0 Å². The molecule has 0 aromatic heterocycles. The third kappa shape index (κ3) is 4.02. The van der Waals surface area contributed by atoms with Crippen molar-refractivity contribution in [3.05, 3.63) is 59.4 Å². The summed E-state index contributed by atoms with van der Waals surface area (Å²) in [6.07, 6.45) is 1.91. The van der Waals surface area contributed by atoms with Crippen molar-refractivity contribution in [3.63, 3.8) is 0 Å². The van der Waals surface area contributed by atoms with Crippen LogP contribution in [0.2, 0.25) is 0 Å². The molecule has 0 bridgehead atoms. The van der Waals surface area contributed by atoms with Gasteiger partial charge in [-0.3, -0.25) is 9.52 Å². The van der Waals surface area contributed by atoms with Gasteiger partial charge in [0, 0.05) is 18.8 Å². The predicted octanol–water partition coefficient (Wildman–Crippen LogP) is 2.84. The first-order chi connectivity index (χ1) is 13.4. The van der Waals surface area contributed by atoms with Crippen molar-refractivity contribution in [1.29, 1.82) is 0 Å². The summed E-state index contributed by atoms with van der Waals surface area (Å²) >= 11 is 0. The standard InChI is InChI=1S/C20H21FN2O4S/c21-16-6-3-14(4-7-16)13-28(25,26)22-17-8-5-15-9-10-23(18(15)12-17)20(24)19-2-1-11-27-19/h3-8,12,19,22H,1-2,9-11,13H2. The van der Waals surface area contributed by atoms with Gasteiger partial charge in [0.2, 0.25) is 10.0 Å². The zero-order valence-electron chi connectivity index (χ0n) is 15.2. The van der Waals surface area contributed by atoms with Crippen LogP contribution in [0.15, 0.2) is 42.5 Å². The Bertz CT molecular complexity index is 986. The number of carbonyl (C=O) groups is 1. The second kappa shape index (κ2) is 7.52. The molecular formula is C20H21FN2O4S. The van der Waals surface area contributed by atoms with Crippen LogP contribution in [0.25, 0.3) is 0 Å². The molecule has 4 rings (SSSR count). The van der Waals surface area contributed by atoms with Gasteiger partial charge in [-0.25, -0.2) is 12.8 Å². The summed E-state index contributed by atoms with van der Waals surface area (Å²) in [6.45, 7) is 1.17. The van der Waals surface area contributed by atoms with Gasteiger partial charge in [-0.2, -0.15) is 0 Å². The molecule has 2 aliphatic heterocycles. The summed E-state index contributed by atoms with van der Waals surface area (Å²) in [6, 6.07) is 10.6. The Hall–Kier alpha value is -2.45. The van der Waals surface area contributed by atoms with Crippen LogP contribution in [0.5, 0.6) is 0 Å². The number of halogens is 1. The fourth-order valence-electron chi connectivity index (χ4n) is 3.63. The molecule has 0 spiro atoms. The fourth-order valence-corrected chi connectivity index (χ4v) is 4.82. The van der Waals surface area contributed by atoms with Gasteiger partial charge in [-0.15, -0.1) is 0 Å². The molecule has 148 valence electrons. The Balaban J connectivity index is 1.51. The van der Waals surface area contributed by atoms with Crippen LogP contribution in [0.3, 0.4) is 0 Å². The maximum atomic E-state index is 13.0. The maximum absolute atomic E-state index is 13.0. The molecule has 2 aromatic rings. The minimum absolute atomic E-state index is 0.0671. The lowest BCUT2D eigenvalue weighted by Crippen LogP contribution is -2.37. The SMILES string of the molecule is O=C(C1CCCO1)N1CCc2ccc(NS(=O)(=O)Cc3ccc(F)cc3)cc21. The van der Waals surface area contributed by atoms with E-state index in [0.717, 1.165) is 24.1 Å². The van der Waals surface area contributed by atoms with Crippen LogP contribution in [0.1, 0.15) is 24.0 Å². The molecule has 2 heterocycles. The lowest BCUT2D eigenvalue weighted by molar-refractivity contribution is -0.127. The van der Waals surface area contributed by atoms with Gasteiger partial charge in [0.25, 0.3) is 5.91 Å². The minimum Gasteiger partial charge on any atom is -0.368 e. The van der Waals surface area contributed by atoms with Crippen molar-refractivity contribution in [2.45, 2.75) is 31.1 Å². The molecule has 6 nitrogen and oxygen atoms in total. The number of hydrogen-bond acceptors (Lipinski definition) is 4. The highest BCUT2D eigenvalue weighted by molar-refractivity contribution is 7.91. The number of amides is 1. The number of benzene rings is 2. The number of nitrogens with zero attached hydrogens (tertiary/aromatic N) is 1. The molecule has 1 unspecified atom stereocenters. The van der Waals surface area contributed by atoms with Gasteiger partial charge >= 0.3 is 0 Å². The number of sulfonamides is 1. The fraction of sp³-hybridized carbons (Fsp3) is 0.350. The number of carbonyl (C=O) groups excluding carboxylic acids is 1. The molecule has 2 aromatic carbocycles. The first kappa shape index (κ1) is 18.9. The van der Waals surface area contributed by atoms with Crippen molar-refractivity contribution >= 4 is 27.3 Å². The second-order valence-corrected chi connectivity index (χ2v) is 8.79. The van der Waals surface area contributed by atoms with Crippen LogP contribution < -0.4 is 9.62 Å². The molecule has 8 heteroatoms. The summed E-state index contributed by atoms with van der Waals surface area (Å²) in [5.41, 5.74) is 2.62. The lowest BCUT2D eigenvalue weighted by atomic mass is 10.1. The quantitative estimate of drug-likeness (QED) is 0.832. The minimum atomic E-state index is -3.67. The molecule has 0 saturated carbocycles. The van der Waals surface area contributed by atoms with Crippen LogP contribution in [0.4, 0.5) is 15.8 Å². The molecule has 0 aliphatic carbocycles. The first-order valence-electron chi connectivity index (χ1n) is 9.22. The second-order valence-electron chi connectivity index (χ2n) is 7.07. The molecule has 1 atom stereocenters. The number of fused-ring (bicyclic) bond motifs is 1. The summed E-state index contributed by atoms with van der Waals surface area (Å²) in [7, 11) is -3.67. The number of ether oxygens (including phenoxy) is 1. The van der Waals surface area contributed by atoms with Crippen molar-refractivity contribution in [2.24, 2.45) is 0 Å². The molecule has 1 saturated heterocycles. The molecule has 1 fully saturated rings. The van der Waals surface area contributed by atoms with E-state index in [1.165, 1.54) is 24.3 Å². The van der Waals surface area contributed by atoms with Crippen molar-refractivity contribution in [2.75, 3.05) is 22.8 Å². The van der Waals surface area contributed by atoms with Crippen molar-refractivity contribution in [1.82, 2.24) is 0 Å². The van der Waals surface area contributed by atoms with Gasteiger partial charge in [-0.05, 0) is 54.7 Å². The Labute approximate surface area is 163 Å². The predicted molar refractivity (Wildman–Crippen MR) is 104 cm³/mol. The first-order valence-corrected chi connectivity index (χ1v) is 10.9. The normalized spacial score (nSPS) is 18.9. The smallest absolute Gasteiger partial charge is 0.256 e. The zero-order chi connectivity index (χ0) is 19.7. The Kier molecular flexibility index (Phi) is 5.07. The highest BCUT2D eigenvalue weighted by atomic mass is 32.2. The van der Waals surface area contributed by atoms with Crippen molar-refractivity contribution in [3.8, 4) is 0 Å². The van der Waals surface area contributed by atoms with E-state index < -0.39 is 21.9 Å². The van der Waals surface area contributed by atoms with Gasteiger partial charge in [-0.1, -0.05) is 18.2 Å². The molecular weight excluding hydrogens is 383 g/mol. The Morgan fingerprint density at radius 2 is 2.00 bits per heavy atom. The van der Waals surface area contributed by atoms with E-state index >= 15 is 0 Å². The molecule has 28 heavy (non-hydrogen) atoms. The third-order valence-electron chi connectivity index (χ3n) is 5.00. The Morgan fingerprint density at radius 3 is 2.71 bits per heavy atom. The average molecular weight is 404 g/mol. The van der Waals surface area contributed by atoms with Crippen LogP contribution in [0, 0.1) is 5.82 Å². The lowest BCUT2D eigenvalue weighted by Gasteiger charge is -2.21. The highest BCUT2D eigenvalue weighted by Gasteiger charge is 2.33. The van der Waals surface area contributed by atoms with E-state index in [0.29, 0.717) is 30.8 Å². The number of rotatable bonds is 5. The summed E-state index contributed by atoms with van der Waals surface area (Å²) in [4.78, 5) is 14.4. The number of anilines is 2. The van der Waals surface area contributed by atoms with E-state index in [1.54, 1.807) is 17.0 Å². The summed E-state index contributed by atoms with van der Waals surface area (Å²) in [5.74, 6) is -0.741. The van der Waals surface area contributed by atoms with Crippen LogP contribution in [-0.2, 0) is 31.7 Å². The van der Waals surface area contributed by atoms with Crippen molar-refractivity contribution < 1.29 is 22.3 Å². The molecule has 1 N–H and O–H groups in total. The third-order valence-corrected chi connectivity index (χ3v) is 6.26. The van der Waals surface area contributed by atoms with E-state index in [4.69, 9.17) is 4.74 Å². The Morgan fingerprint density at radius 1 is 1.21 bits per heavy atom. The van der Waals surface area contributed by atoms with Gasteiger partial charge in [0.05, 0.1) is 11.4 Å². The van der Waals surface area contributed by atoms with Crippen LogP contribution in [-0.4, -0.2) is 33.6 Å². The maximum Gasteiger partial charge on any atom is 0.256 e. The molecule has 2 aliphatic rings. The zero-order valence-corrected chi connectivity index (χ0v) is 16.0. The molecule has 1 amide bonds. The van der Waals surface area contributed by atoms with E-state index in [1.807, 2.05) is 6.07 Å². The topological polar surface area (TPSA) is 75.7 Å². The van der Waals surface area contributed by atoms with E-state index in [9.17, 15) is 17.6 Å². The average Bonchev–Trinajstić information content (AvgIpc) is 3.32. The van der Waals surface area contributed by atoms with Crippen LogP contribution >= 0.6 is 0 Å².